The van der Waals surface area contributed by atoms with Gasteiger partial charge in [-0.15, -0.1) is 0 Å². The lowest BCUT2D eigenvalue weighted by atomic mass is 9.79. The average Bonchev–Trinajstić information content (AvgIpc) is 3.04. The predicted molar refractivity (Wildman–Crippen MR) is 82.0 cm³/mol. The fraction of sp³-hybridized carbons (Fsp3) is 0.500. The van der Waals surface area contributed by atoms with E-state index in [2.05, 4.69) is 0 Å². The molecule has 2 fully saturated rings. The highest BCUT2D eigenvalue weighted by molar-refractivity contribution is 5.99. The van der Waals surface area contributed by atoms with E-state index in [4.69, 9.17) is 9.47 Å². The minimum Gasteiger partial charge on any atom is -0.465 e. The van der Waals surface area contributed by atoms with Crippen molar-refractivity contribution < 1.29 is 24.0 Å². The molecule has 2 aliphatic heterocycles. The van der Waals surface area contributed by atoms with Crippen LogP contribution in [0.4, 0.5) is 5.69 Å². The third-order valence-electron chi connectivity index (χ3n) is 4.47. The van der Waals surface area contributed by atoms with Crippen molar-refractivity contribution >= 4 is 17.6 Å². The molecule has 3 rings (SSSR count). The van der Waals surface area contributed by atoms with E-state index in [1.807, 2.05) is 0 Å². The maximum absolute atomic E-state index is 12.7. The molecular formula is C16H18N2O6. The Labute approximate surface area is 138 Å². The predicted octanol–water partition coefficient (Wildman–Crippen LogP) is 1.45. The number of piperidine rings is 1. The van der Waals surface area contributed by atoms with Crippen molar-refractivity contribution in [1.29, 1.82) is 0 Å². The van der Waals surface area contributed by atoms with Gasteiger partial charge in [-0.1, -0.05) is 12.1 Å². The second-order valence-corrected chi connectivity index (χ2v) is 5.78. The van der Waals surface area contributed by atoms with Gasteiger partial charge in [0, 0.05) is 31.0 Å². The lowest BCUT2D eigenvalue weighted by Gasteiger charge is -2.38. The van der Waals surface area contributed by atoms with Gasteiger partial charge in [-0.3, -0.25) is 19.7 Å². The zero-order valence-corrected chi connectivity index (χ0v) is 13.2. The minimum atomic E-state index is -0.940. The maximum atomic E-state index is 12.7. The third kappa shape index (κ3) is 2.84. The first-order valence-electron chi connectivity index (χ1n) is 7.86. The Morgan fingerprint density at radius 1 is 1.42 bits per heavy atom. The van der Waals surface area contributed by atoms with Crippen LogP contribution in [-0.4, -0.2) is 47.7 Å². The van der Waals surface area contributed by atoms with Crippen LogP contribution >= 0.6 is 0 Å². The van der Waals surface area contributed by atoms with Crippen LogP contribution in [0.2, 0.25) is 0 Å². The summed E-state index contributed by atoms with van der Waals surface area (Å²) in [6, 6.07) is 5.94. The van der Waals surface area contributed by atoms with Crippen molar-refractivity contribution in [2.75, 3.05) is 19.8 Å². The van der Waals surface area contributed by atoms with E-state index in [-0.39, 0.29) is 24.4 Å². The summed E-state index contributed by atoms with van der Waals surface area (Å²) in [6.07, 6.45) is 0.107. The number of carbonyl (C=O) groups is 2. The van der Waals surface area contributed by atoms with Gasteiger partial charge in [0.05, 0.1) is 18.1 Å². The SMILES string of the molecule is CCOC(=O)[C@@H]1C(=O)N2CCO[C@H]2C[C@H]1c1ccc([N+](=O)[O-])cc1. The summed E-state index contributed by atoms with van der Waals surface area (Å²) in [4.78, 5) is 36.9. The molecule has 1 aromatic rings. The standard InChI is InChI=1S/C16H18N2O6/c1-2-23-16(20)14-12(9-13-17(15(14)19)7-8-24-13)10-3-5-11(6-4-10)18(21)22/h3-6,12-14H,2,7-9H2,1H3/t12-,13-,14-/m0/s1. The molecule has 8 nitrogen and oxygen atoms in total. The number of nitrogens with zero attached hydrogens (tertiary/aromatic N) is 2. The largest absolute Gasteiger partial charge is 0.465 e. The van der Waals surface area contributed by atoms with E-state index in [1.54, 1.807) is 24.0 Å². The Morgan fingerprint density at radius 2 is 2.12 bits per heavy atom. The highest BCUT2D eigenvalue weighted by Crippen LogP contribution is 2.39. The number of nitro benzene ring substituents is 1. The van der Waals surface area contributed by atoms with Crippen LogP contribution in [0.5, 0.6) is 0 Å². The fourth-order valence-corrected chi connectivity index (χ4v) is 3.34. The molecule has 0 unspecified atom stereocenters. The molecule has 0 aliphatic carbocycles. The maximum Gasteiger partial charge on any atom is 0.319 e. The summed E-state index contributed by atoms with van der Waals surface area (Å²) in [5.74, 6) is -2.22. The highest BCUT2D eigenvalue weighted by Gasteiger charge is 2.49. The zero-order chi connectivity index (χ0) is 17.3. The van der Waals surface area contributed by atoms with Crippen molar-refractivity contribution in [2.24, 2.45) is 5.92 Å². The number of fused-ring (bicyclic) bond motifs is 1. The Balaban J connectivity index is 1.93. The van der Waals surface area contributed by atoms with Crippen LogP contribution in [0.3, 0.4) is 0 Å². The molecule has 0 spiro atoms. The van der Waals surface area contributed by atoms with E-state index < -0.39 is 22.7 Å². The number of amides is 1. The number of benzene rings is 1. The van der Waals surface area contributed by atoms with Gasteiger partial charge >= 0.3 is 5.97 Å². The van der Waals surface area contributed by atoms with Crippen molar-refractivity contribution in [3.63, 3.8) is 0 Å². The monoisotopic (exact) mass is 334 g/mol. The first kappa shape index (κ1) is 16.4. The van der Waals surface area contributed by atoms with Gasteiger partial charge in [-0.05, 0) is 12.5 Å². The van der Waals surface area contributed by atoms with E-state index in [0.717, 1.165) is 0 Å². The number of carbonyl (C=O) groups excluding carboxylic acids is 2. The molecule has 0 N–H and O–H groups in total. The van der Waals surface area contributed by atoms with E-state index >= 15 is 0 Å². The Kier molecular flexibility index (Phi) is 4.48. The first-order valence-corrected chi connectivity index (χ1v) is 7.86. The fourth-order valence-electron chi connectivity index (χ4n) is 3.34. The summed E-state index contributed by atoms with van der Waals surface area (Å²) in [5, 5.41) is 10.8. The second kappa shape index (κ2) is 6.56. The summed E-state index contributed by atoms with van der Waals surface area (Å²) >= 11 is 0. The number of ether oxygens (including phenoxy) is 2. The smallest absolute Gasteiger partial charge is 0.319 e. The van der Waals surface area contributed by atoms with Crippen molar-refractivity contribution in [1.82, 2.24) is 4.90 Å². The van der Waals surface area contributed by atoms with Crippen molar-refractivity contribution in [2.45, 2.75) is 25.5 Å². The number of non-ortho nitro benzene ring substituents is 1. The molecule has 3 atom stereocenters. The van der Waals surface area contributed by atoms with Crippen LogP contribution in [-0.2, 0) is 19.1 Å². The molecule has 2 aliphatic rings. The van der Waals surface area contributed by atoms with Crippen LogP contribution < -0.4 is 0 Å². The van der Waals surface area contributed by atoms with Crippen molar-refractivity contribution in [3.05, 3.63) is 39.9 Å². The van der Waals surface area contributed by atoms with Gasteiger partial charge in [0.15, 0.2) is 0 Å². The quantitative estimate of drug-likeness (QED) is 0.358. The van der Waals surface area contributed by atoms with Crippen LogP contribution in [0, 0.1) is 16.0 Å². The first-order chi connectivity index (χ1) is 11.5. The zero-order valence-electron chi connectivity index (χ0n) is 13.2. The van der Waals surface area contributed by atoms with Gasteiger partial charge < -0.3 is 14.4 Å². The number of nitro groups is 1. The van der Waals surface area contributed by atoms with Crippen LogP contribution in [0.15, 0.2) is 24.3 Å². The number of hydrogen-bond donors (Lipinski definition) is 0. The molecule has 2 heterocycles. The topological polar surface area (TPSA) is 99.0 Å². The summed E-state index contributed by atoms with van der Waals surface area (Å²) in [6.45, 7) is 2.79. The molecule has 8 heteroatoms. The Morgan fingerprint density at radius 3 is 2.75 bits per heavy atom. The molecule has 1 amide bonds. The second-order valence-electron chi connectivity index (χ2n) is 5.78. The van der Waals surface area contributed by atoms with E-state index in [0.29, 0.717) is 25.1 Å². The van der Waals surface area contributed by atoms with E-state index in [9.17, 15) is 19.7 Å². The average molecular weight is 334 g/mol. The summed E-state index contributed by atoms with van der Waals surface area (Å²) < 4.78 is 10.7. The molecule has 1 aromatic carbocycles. The van der Waals surface area contributed by atoms with Crippen molar-refractivity contribution in [3.8, 4) is 0 Å². The molecule has 0 radical (unpaired) electrons. The molecule has 128 valence electrons. The number of esters is 1. The molecule has 24 heavy (non-hydrogen) atoms. The van der Waals surface area contributed by atoms with Gasteiger partial charge in [-0.25, -0.2) is 0 Å². The molecule has 0 bridgehead atoms. The summed E-state index contributed by atoms with van der Waals surface area (Å²) in [7, 11) is 0. The Bertz CT molecular complexity index is 659. The number of hydrogen-bond acceptors (Lipinski definition) is 6. The van der Waals surface area contributed by atoms with Crippen LogP contribution in [0.1, 0.15) is 24.8 Å². The summed E-state index contributed by atoms with van der Waals surface area (Å²) in [5.41, 5.74) is 0.662. The molecule has 0 aromatic heterocycles. The molecular weight excluding hydrogens is 316 g/mol. The Hall–Kier alpha value is -2.48. The molecule has 2 saturated heterocycles. The van der Waals surface area contributed by atoms with Crippen LogP contribution in [0.25, 0.3) is 0 Å². The molecule has 0 saturated carbocycles. The van der Waals surface area contributed by atoms with E-state index in [1.165, 1.54) is 12.1 Å². The minimum absolute atomic E-state index is 0.0349. The third-order valence-corrected chi connectivity index (χ3v) is 4.47. The lowest BCUT2D eigenvalue weighted by Crippen LogP contribution is -2.51. The van der Waals surface area contributed by atoms with Gasteiger partial charge in [-0.2, -0.15) is 0 Å². The normalized spacial score (nSPS) is 26.1. The van der Waals surface area contributed by atoms with Gasteiger partial charge in [0.1, 0.15) is 12.1 Å². The highest BCUT2D eigenvalue weighted by atomic mass is 16.6. The number of rotatable bonds is 4. The lowest BCUT2D eigenvalue weighted by molar-refractivity contribution is -0.384. The van der Waals surface area contributed by atoms with Gasteiger partial charge in [0.25, 0.3) is 5.69 Å². The van der Waals surface area contributed by atoms with Gasteiger partial charge in [0.2, 0.25) is 5.91 Å².